The average molecular weight is 446 g/mol. The topological polar surface area (TPSA) is 67.8 Å². The number of aromatic nitrogens is 3. The van der Waals surface area contributed by atoms with E-state index in [0.29, 0.717) is 22.4 Å². The molecule has 33 heavy (non-hydrogen) atoms. The average Bonchev–Trinajstić information content (AvgIpc) is 2.82. The number of benzene rings is 2. The molecule has 0 fully saturated rings. The maximum Gasteiger partial charge on any atom is 0.416 e. The lowest BCUT2D eigenvalue weighted by Crippen LogP contribution is -2.08. The zero-order chi connectivity index (χ0) is 23.3. The summed E-state index contributed by atoms with van der Waals surface area (Å²) in [7, 11) is 0. The Bertz CT molecular complexity index is 1330. The van der Waals surface area contributed by atoms with Crippen molar-refractivity contribution in [2.75, 3.05) is 5.32 Å². The van der Waals surface area contributed by atoms with Gasteiger partial charge in [0.25, 0.3) is 0 Å². The van der Waals surface area contributed by atoms with E-state index < -0.39 is 11.7 Å². The second-order valence-electron chi connectivity index (χ2n) is 7.03. The predicted octanol–water partition coefficient (Wildman–Crippen LogP) is 5.67. The number of pyridine rings is 1. The minimum Gasteiger partial charge on any atom is -0.322 e. The van der Waals surface area contributed by atoms with E-state index in [4.69, 9.17) is 0 Å². The van der Waals surface area contributed by atoms with Crippen LogP contribution in [0, 0.1) is 0 Å². The highest BCUT2D eigenvalue weighted by molar-refractivity contribution is 6.06. The highest BCUT2D eigenvalue weighted by atomic mass is 19.4. The van der Waals surface area contributed by atoms with Crippen LogP contribution in [0.25, 0.3) is 16.3 Å². The Kier molecular flexibility index (Phi) is 6.26. The van der Waals surface area contributed by atoms with Crippen LogP contribution in [0.2, 0.25) is 0 Å². The minimum atomic E-state index is -4.42. The third-order valence-corrected chi connectivity index (χ3v) is 4.84. The number of carbonyl (C=O) groups is 1. The zero-order valence-electron chi connectivity index (χ0n) is 17.1. The maximum atomic E-state index is 12.9. The summed E-state index contributed by atoms with van der Waals surface area (Å²) >= 11 is 0. The van der Waals surface area contributed by atoms with Crippen molar-refractivity contribution in [3.8, 4) is 0 Å². The van der Waals surface area contributed by atoms with Crippen LogP contribution < -0.4 is 5.32 Å². The molecule has 4 rings (SSSR count). The van der Waals surface area contributed by atoms with Crippen molar-refractivity contribution in [1.82, 2.24) is 15.0 Å². The van der Waals surface area contributed by atoms with Crippen molar-refractivity contribution in [3.63, 3.8) is 0 Å². The first-order valence-corrected chi connectivity index (χ1v) is 9.87. The quantitative estimate of drug-likeness (QED) is 0.317. The molecule has 164 valence electrons. The fourth-order valence-corrected chi connectivity index (χ4v) is 3.27. The van der Waals surface area contributed by atoms with Gasteiger partial charge in [-0.05, 0) is 35.4 Å². The molecule has 1 amide bonds. The lowest BCUT2D eigenvalue weighted by Gasteiger charge is -2.10. The highest BCUT2D eigenvalue weighted by Gasteiger charge is 2.30. The van der Waals surface area contributed by atoms with Gasteiger partial charge in [0.05, 0.1) is 5.56 Å². The molecule has 0 saturated heterocycles. The van der Waals surface area contributed by atoms with Crippen LogP contribution in [-0.4, -0.2) is 20.9 Å². The van der Waals surface area contributed by atoms with E-state index in [-0.39, 0.29) is 5.91 Å². The summed E-state index contributed by atoms with van der Waals surface area (Å²) in [6.07, 6.45) is 7.90. The first-order valence-electron chi connectivity index (χ1n) is 9.87. The molecule has 8 heteroatoms. The van der Waals surface area contributed by atoms with Crippen LogP contribution in [0.15, 0.2) is 97.9 Å². The Morgan fingerprint density at radius 1 is 0.879 bits per heavy atom. The Morgan fingerprint density at radius 3 is 2.36 bits per heavy atom. The van der Waals surface area contributed by atoms with E-state index in [1.54, 1.807) is 36.9 Å². The molecule has 4 aromatic rings. The second kappa shape index (κ2) is 9.44. The number of anilines is 1. The summed E-state index contributed by atoms with van der Waals surface area (Å²) in [6, 6.07) is 12.1. The van der Waals surface area contributed by atoms with Gasteiger partial charge in [0, 0.05) is 52.9 Å². The number of fused-ring (bicyclic) bond motifs is 1. The van der Waals surface area contributed by atoms with Gasteiger partial charge in [0.1, 0.15) is 6.33 Å². The first kappa shape index (κ1) is 21.9. The number of rotatable bonds is 5. The van der Waals surface area contributed by atoms with Crippen molar-refractivity contribution in [2.24, 2.45) is 0 Å². The number of nitrogens with one attached hydrogen (secondary N) is 1. The van der Waals surface area contributed by atoms with Gasteiger partial charge in [-0.25, -0.2) is 9.97 Å². The van der Waals surface area contributed by atoms with Crippen molar-refractivity contribution < 1.29 is 18.0 Å². The number of halogens is 3. The highest BCUT2D eigenvalue weighted by Crippen LogP contribution is 2.31. The normalized spacial score (nSPS) is 12.3. The molecule has 2 aromatic heterocycles. The van der Waals surface area contributed by atoms with Gasteiger partial charge < -0.3 is 5.32 Å². The standard InChI is InChI=1S/C25H17F3N4O/c26-25(27,28)20-9-7-17(8-10-20)21(19-14-30-16-31-15-19)4-2-6-24(33)32-23-5-1-3-18-13-29-12-11-22(18)23/h1-16H,(H,32,33)/b6-2+,21-4+. The van der Waals surface area contributed by atoms with Crippen LogP contribution >= 0.6 is 0 Å². The number of nitrogens with zero attached hydrogens (tertiary/aromatic N) is 3. The van der Waals surface area contributed by atoms with Crippen LogP contribution in [0.4, 0.5) is 18.9 Å². The summed E-state index contributed by atoms with van der Waals surface area (Å²) < 4.78 is 38.8. The number of amides is 1. The summed E-state index contributed by atoms with van der Waals surface area (Å²) in [5.74, 6) is -0.355. The summed E-state index contributed by atoms with van der Waals surface area (Å²) in [5, 5.41) is 4.58. The monoisotopic (exact) mass is 446 g/mol. The molecule has 0 spiro atoms. The van der Waals surface area contributed by atoms with Crippen molar-refractivity contribution >= 4 is 27.9 Å². The number of hydrogen-bond acceptors (Lipinski definition) is 4. The molecule has 1 N–H and O–H groups in total. The van der Waals surface area contributed by atoms with E-state index in [1.165, 1.54) is 30.6 Å². The van der Waals surface area contributed by atoms with Crippen molar-refractivity contribution in [1.29, 1.82) is 0 Å². The molecule has 0 bridgehead atoms. The summed E-state index contributed by atoms with van der Waals surface area (Å²) in [6.45, 7) is 0. The van der Waals surface area contributed by atoms with E-state index >= 15 is 0 Å². The molecule has 0 aliphatic rings. The van der Waals surface area contributed by atoms with Crippen molar-refractivity contribution in [2.45, 2.75) is 6.18 Å². The molecule has 0 unspecified atom stereocenters. The Balaban J connectivity index is 1.59. The summed E-state index contributed by atoms with van der Waals surface area (Å²) in [4.78, 5) is 24.5. The van der Waals surface area contributed by atoms with Gasteiger partial charge in [-0.3, -0.25) is 9.78 Å². The first-order chi connectivity index (χ1) is 15.9. The number of alkyl halides is 3. The Hall–Kier alpha value is -4.33. The largest absolute Gasteiger partial charge is 0.416 e. The molecule has 0 saturated carbocycles. The molecule has 0 atom stereocenters. The SMILES string of the molecule is O=C(/C=C/C=C(\c1ccc(C(F)(F)F)cc1)c1cncnc1)Nc1cccc2cnccc12. The minimum absolute atomic E-state index is 0.355. The van der Waals surface area contributed by atoms with Gasteiger partial charge in [0.2, 0.25) is 5.91 Å². The smallest absolute Gasteiger partial charge is 0.322 e. The molecular weight excluding hydrogens is 429 g/mol. The lowest BCUT2D eigenvalue weighted by molar-refractivity contribution is -0.137. The van der Waals surface area contributed by atoms with Crippen LogP contribution in [-0.2, 0) is 11.0 Å². The summed E-state index contributed by atoms with van der Waals surface area (Å²) in [5.41, 5.74) is 1.61. The molecule has 0 radical (unpaired) electrons. The van der Waals surface area contributed by atoms with Crippen LogP contribution in [0.3, 0.4) is 0 Å². The van der Waals surface area contributed by atoms with Gasteiger partial charge in [-0.2, -0.15) is 13.2 Å². The second-order valence-corrected chi connectivity index (χ2v) is 7.03. The predicted molar refractivity (Wildman–Crippen MR) is 120 cm³/mol. The maximum absolute atomic E-state index is 12.9. The molecule has 2 aromatic carbocycles. The molecular formula is C25H17F3N4O. The van der Waals surface area contributed by atoms with Gasteiger partial charge in [0.15, 0.2) is 0 Å². The zero-order valence-corrected chi connectivity index (χ0v) is 17.1. The van der Waals surface area contributed by atoms with Crippen LogP contribution in [0.5, 0.6) is 0 Å². The fourth-order valence-electron chi connectivity index (χ4n) is 3.27. The number of carbonyl (C=O) groups excluding carboxylic acids is 1. The Labute approximate surface area is 187 Å². The van der Waals surface area contributed by atoms with E-state index in [0.717, 1.165) is 22.9 Å². The molecule has 2 heterocycles. The third kappa shape index (κ3) is 5.30. The van der Waals surface area contributed by atoms with E-state index in [9.17, 15) is 18.0 Å². The number of hydrogen-bond donors (Lipinski definition) is 1. The van der Waals surface area contributed by atoms with E-state index in [2.05, 4.69) is 20.3 Å². The van der Waals surface area contributed by atoms with E-state index in [1.807, 2.05) is 18.2 Å². The van der Waals surface area contributed by atoms with Gasteiger partial charge in [-0.15, -0.1) is 0 Å². The van der Waals surface area contributed by atoms with Gasteiger partial charge in [-0.1, -0.05) is 36.4 Å². The Morgan fingerprint density at radius 2 is 1.64 bits per heavy atom. The van der Waals surface area contributed by atoms with Crippen LogP contribution in [0.1, 0.15) is 16.7 Å². The van der Waals surface area contributed by atoms with Crippen molar-refractivity contribution in [3.05, 3.63) is 115 Å². The van der Waals surface area contributed by atoms with Gasteiger partial charge >= 0.3 is 6.18 Å². The lowest BCUT2D eigenvalue weighted by atomic mass is 9.98. The fraction of sp³-hybridized carbons (Fsp3) is 0.0400. The molecule has 5 nitrogen and oxygen atoms in total. The molecule has 0 aliphatic heterocycles. The third-order valence-electron chi connectivity index (χ3n) is 4.84. The molecule has 0 aliphatic carbocycles. The number of allylic oxidation sites excluding steroid dienone is 2.